The average Bonchev–Trinajstić information content (AvgIpc) is 3.23. The van der Waals surface area contributed by atoms with Gasteiger partial charge in [-0.05, 0) is 23.6 Å². The van der Waals surface area contributed by atoms with Gasteiger partial charge in [0.15, 0.2) is 5.58 Å². The third-order valence-electron chi connectivity index (χ3n) is 2.84. The van der Waals surface area contributed by atoms with Crippen LogP contribution in [0.5, 0.6) is 0 Å². The normalized spacial score (nSPS) is 11.2. The number of rotatable bonds is 4. The summed E-state index contributed by atoms with van der Waals surface area (Å²) in [5.41, 5.74) is 2.61. The molecule has 0 fully saturated rings. The van der Waals surface area contributed by atoms with E-state index in [1.807, 2.05) is 41.1 Å². The summed E-state index contributed by atoms with van der Waals surface area (Å²) < 4.78 is 10.9. The van der Waals surface area contributed by atoms with E-state index in [4.69, 9.17) is 8.94 Å². The Kier molecular flexibility index (Phi) is 3.21. The molecular weight excluding hydrogens is 306 g/mol. The molecule has 0 amide bonds. The van der Waals surface area contributed by atoms with Crippen molar-refractivity contribution in [3.8, 4) is 11.4 Å². The van der Waals surface area contributed by atoms with E-state index >= 15 is 0 Å². The zero-order valence-electron chi connectivity index (χ0n) is 10.7. The van der Waals surface area contributed by atoms with E-state index in [1.54, 1.807) is 11.3 Å². The molecule has 0 radical (unpaired) electrons. The van der Waals surface area contributed by atoms with Gasteiger partial charge < -0.3 is 8.94 Å². The van der Waals surface area contributed by atoms with E-state index in [2.05, 4.69) is 15.1 Å². The molecule has 3 heterocycles. The minimum Gasteiger partial charge on any atom is -0.431 e. The third-order valence-corrected chi connectivity index (χ3v) is 4.34. The summed E-state index contributed by atoms with van der Waals surface area (Å²) in [6.07, 6.45) is 0. The van der Waals surface area contributed by atoms with Crippen LogP contribution in [0.15, 0.2) is 55.3 Å². The molecule has 4 rings (SSSR count). The van der Waals surface area contributed by atoms with E-state index in [0.717, 1.165) is 16.7 Å². The van der Waals surface area contributed by atoms with E-state index in [0.29, 0.717) is 22.7 Å². The van der Waals surface area contributed by atoms with E-state index < -0.39 is 0 Å². The molecular formula is C14H9N3O2S2. The molecule has 0 atom stereocenters. The van der Waals surface area contributed by atoms with Crippen LogP contribution in [0.4, 0.5) is 0 Å². The summed E-state index contributed by atoms with van der Waals surface area (Å²) >= 11 is 3.04. The van der Waals surface area contributed by atoms with Crippen LogP contribution in [0.3, 0.4) is 0 Å². The Hall–Kier alpha value is -2.12. The topological polar surface area (TPSA) is 65.0 Å². The maximum absolute atomic E-state index is 5.63. The van der Waals surface area contributed by atoms with Crippen molar-refractivity contribution in [3.63, 3.8) is 0 Å². The highest BCUT2D eigenvalue weighted by Crippen LogP contribution is 2.26. The van der Waals surface area contributed by atoms with Crippen LogP contribution in [0.2, 0.25) is 0 Å². The molecule has 104 valence electrons. The number of para-hydroxylation sites is 2. The summed E-state index contributed by atoms with van der Waals surface area (Å²) in [5, 5.41) is 8.55. The lowest BCUT2D eigenvalue weighted by Crippen LogP contribution is -1.81. The van der Waals surface area contributed by atoms with Gasteiger partial charge in [-0.3, -0.25) is 0 Å². The van der Waals surface area contributed by atoms with Gasteiger partial charge in [0, 0.05) is 10.9 Å². The van der Waals surface area contributed by atoms with Crippen molar-refractivity contribution in [1.29, 1.82) is 0 Å². The van der Waals surface area contributed by atoms with Gasteiger partial charge in [0.25, 0.3) is 5.22 Å². The summed E-state index contributed by atoms with van der Waals surface area (Å²) in [5.74, 6) is 1.71. The third kappa shape index (κ3) is 2.57. The van der Waals surface area contributed by atoms with Crippen molar-refractivity contribution in [2.24, 2.45) is 0 Å². The zero-order chi connectivity index (χ0) is 14.1. The number of aromatic nitrogens is 3. The Bertz CT molecular complexity index is 834. The second kappa shape index (κ2) is 5.34. The van der Waals surface area contributed by atoms with Crippen molar-refractivity contribution in [2.45, 2.75) is 11.0 Å². The van der Waals surface area contributed by atoms with Gasteiger partial charge in [-0.1, -0.05) is 29.1 Å². The quantitative estimate of drug-likeness (QED) is 0.525. The lowest BCUT2D eigenvalue weighted by Gasteiger charge is -1.89. The number of thioether (sulfide) groups is 1. The summed E-state index contributed by atoms with van der Waals surface area (Å²) in [4.78, 5) is 8.75. The minimum atomic E-state index is 0.532. The second-order valence-corrected chi connectivity index (χ2v) is 5.97. The molecule has 0 bridgehead atoms. The number of thiophene rings is 1. The number of hydrogen-bond acceptors (Lipinski definition) is 7. The van der Waals surface area contributed by atoms with Gasteiger partial charge in [0.2, 0.25) is 11.7 Å². The SMILES string of the molecule is c1ccc2oc(SCc3nc(-c4ccsc4)no3)nc2c1. The fourth-order valence-electron chi connectivity index (χ4n) is 1.86. The average molecular weight is 315 g/mol. The lowest BCUT2D eigenvalue weighted by atomic mass is 10.3. The van der Waals surface area contributed by atoms with Gasteiger partial charge in [-0.25, -0.2) is 4.98 Å². The number of fused-ring (bicyclic) bond motifs is 1. The number of oxazole rings is 1. The molecule has 0 saturated carbocycles. The van der Waals surface area contributed by atoms with E-state index in [1.165, 1.54) is 11.8 Å². The Labute approximate surface area is 128 Å². The Balaban J connectivity index is 1.49. The number of benzene rings is 1. The van der Waals surface area contributed by atoms with Gasteiger partial charge in [0.1, 0.15) is 5.52 Å². The van der Waals surface area contributed by atoms with Crippen LogP contribution < -0.4 is 0 Å². The molecule has 5 nitrogen and oxygen atoms in total. The maximum atomic E-state index is 5.63. The molecule has 7 heteroatoms. The van der Waals surface area contributed by atoms with Crippen molar-refractivity contribution < 1.29 is 8.94 Å². The minimum absolute atomic E-state index is 0.532. The first kappa shape index (κ1) is 12.6. The lowest BCUT2D eigenvalue weighted by molar-refractivity contribution is 0.391. The Morgan fingerprint density at radius 1 is 1.14 bits per heavy atom. The summed E-state index contributed by atoms with van der Waals surface area (Å²) in [7, 11) is 0. The first-order chi connectivity index (χ1) is 10.4. The molecule has 0 spiro atoms. The number of hydrogen-bond donors (Lipinski definition) is 0. The molecule has 3 aromatic heterocycles. The molecule has 21 heavy (non-hydrogen) atoms. The van der Waals surface area contributed by atoms with Crippen LogP contribution in [0.1, 0.15) is 5.89 Å². The van der Waals surface area contributed by atoms with Crippen molar-refractivity contribution in [2.75, 3.05) is 0 Å². The first-order valence-corrected chi connectivity index (χ1v) is 8.15. The van der Waals surface area contributed by atoms with E-state index in [9.17, 15) is 0 Å². The van der Waals surface area contributed by atoms with Crippen LogP contribution in [0, 0.1) is 0 Å². The molecule has 0 N–H and O–H groups in total. The predicted molar refractivity (Wildman–Crippen MR) is 81.2 cm³/mol. The van der Waals surface area contributed by atoms with E-state index in [-0.39, 0.29) is 0 Å². The smallest absolute Gasteiger partial charge is 0.257 e. The standard InChI is InChI=1S/C14H9N3O2S2/c1-2-4-11-10(3-1)15-14(18-11)21-8-12-16-13(17-19-12)9-5-6-20-7-9/h1-7H,8H2. The van der Waals surface area contributed by atoms with Crippen molar-refractivity contribution in [1.82, 2.24) is 15.1 Å². The zero-order valence-corrected chi connectivity index (χ0v) is 12.4. The molecule has 0 unspecified atom stereocenters. The highest BCUT2D eigenvalue weighted by Gasteiger charge is 2.11. The Morgan fingerprint density at radius 3 is 2.95 bits per heavy atom. The predicted octanol–water partition coefficient (Wildman–Crippen LogP) is 4.23. The van der Waals surface area contributed by atoms with Crippen molar-refractivity contribution >= 4 is 34.2 Å². The Morgan fingerprint density at radius 2 is 2.10 bits per heavy atom. The largest absolute Gasteiger partial charge is 0.431 e. The van der Waals surface area contributed by atoms with Crippen LogP contribution >= 0.6 is 23.1 Å². The summed E-state index contributed by atoms with van der Waals surface area (Å²) in [6.45, 7) is 0. The molecule has 0 aliphatic carbocycles. The first-order valence-electron chi connectivity index (χ1n) is 6.22. The fraction of sp³-hybridized carbons (Fsp3) is 0.0714. The van der Waals surface area contributed by atoms with Gasteiger partial charge in [0.05, 0.1) is 5.75 Å². The van der Waals surface area contributed by atoms with Crippen LogP contribution in [-0.2, 0) is 5.75 Å². The highest BCUT2D eigenvalue weighted by atomic mass is 32.2. The molecule has 0 saturated heterocycles. The van der Waals surface area contributed by atoms with Crippen LogP contribution in [0.25, 0.3) is 22.5 Å². The second-order valence-electron chi connectivity index (χ2n) is 4.26. The number of nitrogens with zero attached hydrogens (tertiary/aromatic N) is 3. The summed E-state index contributed by atoms with van der Waals surface area (Å²) in [6, 6.07) is 9.64. The fourth-order valence-corrected chi connectivity index (χ4v) is 3.17. The maximum Gasteiger partial charge on any atom is 0.257 e. The molecule has 0 aliphatic heterocycles. The van der Waals surface area contributed by atoms with Gasteiger partial charge in [-0.2, -0.15) is 16.3 Å². The molecule has 4 aromatic rings. The van der Waals surface area contributed by atoms with Crippen molar-refractivity contribution in [3.05, 3.63) is 47.0 Å². The highest BCUT2D eigenvalue weighted by molar-refractivity contribution is 7.98. The van der Waals surface area contributed by atoms with Crippen LogP contribution in [-0.4, -0.2) is 15.1 Å². The van der Waals surface area contributed by atoms with Gasteiger partial charge >= 0.3 is 0 Å². The molecule has 0 aliphatic rings. The molecule has 1 aromatic carbocycles. The monoisotopic (exact) mass is 315 g/mol. The van der Waals surface area contributed by atoms with Gasteiger partial charge in [-0.15, -0.1) is 0 Å².